The van der Waals surface area contributed by atoms with Crippen LogP contribution in [0.15, 0.2) is 12.2 Å². The molecule has 6 atom stereocenters. The number of amides is 1. The molecule has 1 unspecified atom stereocenters. The van der Waals surface area contributed by atoms with E-state index in [4.69, 9.17) is 9.63 Å². The molecule has 0 bridgehead atoms. The van der Waals surface area contributed by atoms with E-state index in [1.807, 2.05) is 0 Å². The Hall–Kier alpha value is -0.840. The summed E-state index contributed by atoms with van der Waals surface area (Å²) in [6.07, 6.45) is -3.92. The molecule has 0 saturated carbocycles. The molecule has 1 fully saturated rings. The van der Waals surface area contributed by atoms with E-state index in [1.165, 1.54) is 0 Å². The lowest BCUT2D eigenvalue weighted by atomic mass is 10.0. The third-order valence-corrected chi connectivity index (χ3v) is 5.52. The van der Waals surface area contributed by atoms with Crippen molar-refractivity contribution in [1.82, 2.24) is 10.6 Å². The van der Waals surface area contributed by atoms with Crippen LogP contribution < -0.4 is 10.6 Å². The third-order valence-electron chi connectivity index (χ3n) is 4.05. The Labute approximate surface area is 152 Å². The van der Waals surface area contributed by atoms with Gasteiger partial charge in [-0.3, -0.25) is 9.36 Å². The van der Waals surface area contributed by atoms with E-state index in [0.717, 1.165) is 0 Å². The molecule has 1 heterocycles. The monoisotopic (exact) mass is 396 g/mol. The number of rotatable bonds is 11. The van der Waals surface area contributed by atoms with Crippen molar-refractivity contribution in [1.29, 1.82) is 0 Å². The van der Waals surface area contributed by atoms with Gasteiger partial charge in [-0.25, -0.2) is 0 Å². The second-order valence-corrected chi connectivity index (χ2v) is 8.37. The summed E-state index contributed by atoms with van der Waals surface area (Å²) in [6, 6.07) is -1.43. The second kappa shape index (κ2) is 10.5. The van der Waals surface area contributed by atoms with Crippen LogP contribution in [0.4, 0.5) is 0 Å². The van der Waals surface area contributed by atoms with Gasteiger partial charge in [0.25, 0.3) is 0 Å². The van der Waals surface area contributed by atoms with Crippen LogP contribution in [0.25, 0.3) is 0 Å². The highest BCUT2D eigenvalue weighted by Crippen LogP contribution is 2.43. The van der Waals surface area contributed by atoms with Crippen molar-refractivity contribution in [2.24, 2.45) is 0 Å². The van der Waals surface area contributed by atoms with Gasteiger partial charge in [-0.15, -0.1) is 0 Å². The highest BCUT2D eigenvalue weighted by molar-refractivity contribution is 7.52. The Bertz CT molecular complexity index is 532. The normalized spacial score (nSPS) is 29.2. The van der Waals surface area contributed by atoms with Gasteiger partial charge in [0.1, 0.15) is 0 Å². The van der Waals surface area contributed by atoms with E-state index in [2.05, 4.69) is 17.2 Å². The zero-order chi connectivity index (χ0) is 19.9. The maximum absolute atomic E-state index is 12.0. The maximum atomic E-state index is 12.0. The Morgan fingerprint density at radius 2 is 1.96 bits per heavy atom. The molecular formula is C15H29N2O8P. The predicted molar refractivity (Wildman–Crippen MR) is 93.5 cm³/mol. The van der Waals surface area contributed by atoms with Crippen molar-refractivity contribution in [3.05, 3.63) is 12.2 Å². The molecule has 0 spiro atoms. The van der Waals surface area contributed by atoms with Crippen molar-refractivity contribution >= 4 is 13.5 Å². The number of aliphatic hydroxyl groups excluding tert-OH is 4. The van der Waals surface area contributed by atoms with E-state index in [0.29, 0.717) is 12.0 Å². The minimum Gasteiger partial charge on any atom is -0.395 e. The molecular weight excluding hydrogens is 367 g/mol. The fourth-order valence-corrected chi connectivity index (χ4v) is 3.84. The van der Waals surface area contributed by atoms with Crippen LogP contribution in [-0.4, -0.2) is 87.5 Å². The zero-order valence-corrected chi connectivity index (χ0v) is 15.6. The molecule has 1 saturated heterocycles. The molecule has 11 heteroatoms. The molecule has 0 aromatic rings. The summed E-state index contributed by atoms with van der Waals surface area (Å²) in [7, 11) is -4.05. The van der Waals surface area contributed by atoms with Gasteiger partial charge in [-0.2, -0.15) is 0 Å². The third kappa shape index (κ3) is 7.42. The molecule has 0 aromatic carbocycles. The topological polar surface area (TPSA) is 169 Å². The van der Waals surface area contributed by atoms with Crippen LogP contribution in [0.5, 0.6) is 0 Å². The van der Waals surface area contributed by atoms with E-state index >= 15 is 0 Å². The molecule has 152 valence electrons. The minimum atomic E-state index is -4.05. The molecule has 0 aliphatic carbocycles. The molecule has 0 radical (unpaired) electrons. The molecule has 1 rings (SSSR count). The van der Waals surface area contributed by atoms with Crippen LogP contribution in [0.1, 0.15) is 19.8 Å². The number of carbonyl (C=O) groups is 1. The summed E-state index contributed by atoms with van der Waals surface area (Å²) >= 11 is 0. The molecule has 7 N–H and O–H groups in total. The van der Waals surface area contributed by atoms with E-state index in [-0.39, 0.29) is 32.1 Å². The standard InChI is InChI=1S/C15H29N2O8P/c1-9(2)15(22)16-4-3-5-25-26(23,24)8-10(19)6-11-13(20)14(21)12(7-18)17-11/h10-14,17-21H,1,3-8H2,2H3,(H,16,22)(H,23,24)/t10-,11-,12-,13-,14-/m1/s1. The summed E-state index contributed by atoms with van der Waals surface area (Å²) in [4.78, 5) is 21.0. The van der Waals surface area contributed by atoms with Gasteiger partial charge in [0.2, 0.25) is 5.91 Å². The van der Waals surface area contributed by atoms with Crippen molar-refractivity contribution in [2.45, 2.75) is 50.2 Å². The highest BCUT2D eigenvalue weighted by atomic mass is 31.2. The number of carbonyl (C=O) groups excluding carboxylic acids is 1. The average Bonchev–Trinajstić information content (AvgIpc) is 2.81. The second-order valence-electron chi connectivity index (χ2n) is 6.48. The van der Waals surface area contributed by atoms with Crippen LogP contribution in [-0.2, 0) is 13.9 Å². The summed E-state index contributed by atoms with van der Waals surface area (Å²) in [6.45, 7) is 4.84. The summed E-state index contributed by atoms with van der Waals surface area (Å²) in [5.74, 6) is -0.307. The predicted octanol–water partition coefficient (Wildman–Crippen LogP) is -1.92. The first-order valence-corrected chi connectivity index (χ1v) is 10.1. The number of nitrogens with one attached hydrogen (secondary N) is 2. The Morgan fingerprint density at radius 3 is 2.50 bits per heavy atom. The maximum Gasteiger partial charge on any atom is 0.330 e. The lowest BCUT2D eigenvalue weighted by Crippen LogP contribution is -2.38. The highest BCUT2D eigenvalue weighted by Gasteiger charge is 2.41. The molecule has 1 aliphatic heterocycles. The molecule has 1 aliphatic rings. The fourth-order valence-electron chi connectivity index (χ4n) is 2.64. The fraction of sp³-hybridized carbons (Fsp3) is 0.800. The first kappa shape index (κ1) is 23.2. The Balaban J connectivity index is 2.31. The average molecular weight is 396 g/mol. The summed E-state index contributed by atoms with van der Waals surface area (Å²) in [5.41, 5.74) is 0.359. The first-order valence-electron chi connectivity index (χ1n) is 8.38. The van der Waals surface area contributed by atoms with Crippen molar-refractivity contribution in [3.63, 3.8) is 0 Å². The smallest absolute Gasteiger partial charge is 0.330 e. The quantitative estimate of drug-likeness (QED) is 0.120. The number of hydrogen-bond donors (Lipinski definition) is 7. The molecule has 1 amide bonds. The van der Waals surface area contributed by atoms with Crippen molar-refractivity contribution in [2.75, 3.05) is 25.9 Å². The van der Waals surface area contributed by atoms with Crippen LogP contribution >= 0.6 is 7.60 Å². The van der Waals surface area contributed by atoms with E-state index in [1.54, 1.807) is 6.92 Å². The molecule has 26 heavy (non-hydrogen) atoms. The number of hydrogen-bond acceptors (Lipinski definition) is 8. The van der Waals surface area contributed by atoms with Crippen LogP contribution in [0.3, 0.4) is 0 Å². The lowest BCUT2D eigenvalue weighted by Gasteiger charge is -2.21. The van der Waals surface area contributed by atoms with Gasteiger partial charge in [-0.05, 0) is 19.8 Å². The van der Waals surface area contributed by atoms with Crippen molar-refractivity contribution < 1.29 is 39.2 Å². The van der Waals surface area contributed by atoms with Gasteiger partial charge in [-0.1, -0.05) is 6.58 Å². The SMILES string of the molecule is C=C(C)C(=O)NCCCOP(=O)(O)C[C@H](O)C[C@H]1N[C@H](CO)[C@@H](O)[C@@H]1O. The van der Waals surface area contributed by atoms with Gasteiger partial charge >= 0.3 is 7.60 Å². The largest absolute Gasteiger partial charge is 0.395 e. The number of aliphatic hydroxyl groups is 4. The van der Waals surface area contributed by atoms with Crippen molar-refractivity contribution in [3.8, 4) is 0 Å². The first-order chi connectivity index (χ1) is 12.1. The van der Waals surface area contributed by atoms with Gasteiger partial charge in [0.05, 0.1) is 43.7 Å². The minimum absolute atomic E-state index is 0.0768. The van der Waals surface area contributed by atoms with Gasteiger partial charge in [0, 0.05) is 18.2 Å². The summed E-state index contributed by atoms with van der Waals surface area (Å²) < 4.78 is 16.9. The van der Waals surface area contributed by atoms with E-state index < -0.39 is 44.2 Å². The van der Waals surface area contributed by atoms with Crippen LogP contribution in [0.2, 0.25) is 0 Å². The van der Waals surface area contributed by atoms with Gasteiger partial charge < -0.3 is 40.5 Å². The van der Waals surface area contributed by atoms with E-state index in [9.17, 15) is 29.6 Å². The Morgan fingerprint density at radius 1 is 1.35 bits per heavy atom. The molecule has 10 nitrogen and oxygen atoms in total. The Kier molecular flexibility index (Phi) is 9.35. The lowest BCUT2D eigenvalue weighted by molar-refractivity contribution is -0.117. The zero-order valence-electron chi connectivity index (χ0n) is 14.7. The summed E-state index contributed by atoms with van der Waals surface area (Å²) in [5, 5.41) is 43.9. The molecule has 0 aromatic heterocycles. The van der Waals surface area contributed by atoms with Gasteiger partial charge in [0.15, 0.2) is 0 Å². The van der Waals surface area contributed by atoms with Crippen LogP contribution in [0, 0.1) is 0 Å².